The molecular weight excluding hydrogens is 405 g/mol. The van der Waals surface area contributed by atoms with Crippen LogP contribution in [0.4, 0.5) is 4.79 Å². The zero-order valence-corrected chi connectivity index (χ0v) is 17.9. The number of ether oxygens (including phenoxy) is 2. The molecule has 0 aliphatic carbocycles. The maximum Gasteiger partial charge on any atom is 0.408 e. The van der Waals surface area contributed by atoms with E-state index in [0.717, 1.165) is 11.1 Å². The summed E-state index contributed by atoms with van der Waals surface area (Å²) in [5.41, 5.74) is 1.72. The molecule has 2 unspecified atom stereocenters. The van der Waals surface area contributed by atoms with Gasteiger partial charge in [-0.05, 0) is 30.9 Å². The lowest BCUT2D eigenvalue weighted by Crippen LogP contribution is -2.36. The third kappa shape index (κ3) is 8.39. The van der Waals surface area contributed by atoms with E-state index >= 15 is 0 Å². The van der Waals surface area contributed by atoms with E-state index in [1.54, 1.807) is 6.92 Å². The Bertz CT molecular complexity index is 843. The minimum atomic E-state index is -3.81. The van der Waals surface area contributed by atoms with Crippen LogP contribution in [0.2, 0.25) is 0 Å². The van der Waals surface area contributed by atoms with Crippen molar-refractivity contribution in [3.8, 4) is 0 Å². The molecule has 1 amide bonds. The van der Waals surface area contributed by atoms with Crippen LogP contribution in [0.5, 0.6) is 0 Å². The number of carbonyl (C=O) groups is 2. The summed E-state index contributed by atoms with van der Waals surface area (Å²) in [4.78, 5) is 34.6. The van der Waals surface area contributed by atoms with E-state index < -0.39 is 25.2 Å². The minimum absolute atomic E-state index is 0.0121. The molecule has 2 rings (SSSR count). The normalized spacial score (nSPS) is 13.7. The lowest BCUT2D eigenvalue weighted by Gasteiger charge is -2.24. The monoisotopic (exact) mass is 433 g/mol. The van der Waals surface area contributed by atoms with Crippen molar-refractivity contribution >= 4 is 19.4 Å². The molecular formula is C22H28NO6P. The van der Waals surface area contributed by atoms with Crippen molar-refractivity contribution in [1.29, 1.82) is 0 Å². The molecule has 0 saturated carbocycles. The average Bonchev–Trinajstić information content (AvgIpc) is 2.75. The number of nitrogens with one attached hydrogen (secondary N) is 1. The summed E-state index contributed by atoms with van der Waals surface area (Å²) in [6.45, 7) is 1.95. The number of hydrogen-bond donors (Lipinski definition) is 2. The highest BCUT2D eigenvalue weighted by Crippen LogP contribution is 2.47. The van der Waals surface area contributed by atoms with Crippen molar-refractivity contribution < 1.29 is 28.5 Å². The van der Waals surface area contributed by atoms with E-state index in [4.69, 9.17) is 9.47 Å². The van der Waals surface area contributed by atoms with Crippen LogP contribution in [0.25, 0.3) is 0 Å². The molecule has 0 saturated heterocycles. The lowest BCUT2D eigenvalue weighted by atomic mass is 10.2. The fourth-order valence-electron chi connectivity index (χ4n) is 2.85. The largest absolute Gasteiger partial charge is 0.466 e. The molecule has 2 aromatic rings. The highest BCUT2D eigenvalue weighted by atomic mass is 31.2. The van der Waals surface area contributed by atoms with Crippen LogP contribution in [0, 0.1) is 0 Å². The van der Waals surface area contributed by atoms with Gasteiger partial charge < -0.3 is 19.7 Å². The van der Waals surface area contributed by atoms with Crippen molar-refractivity contribution in [3.05, 3.63) is 71.8 Å². The number of rotatable bonds is 11. The van der Waals surface area contributed by atoms with Gasteiger partial charge in [0.1, 0.15) is 12.4 Å². The average molecular weight is 433 g/mol. The maximum atomic E-state index is 13.0. The van der Waals surface area contributed by atoms with Gasteiger partial charge in [-0.3, -0.25) is 9.36 Å². The summed E-state index contributed by atoms with van der Waals surface area (Å²) < 4.78 is 23.1. The molecule has 2 N–H and O–H groups in total. The number of alkyl carbamates (subject to hydrolysis) is 1. The summed E-state index contributed by atoms with van der Waals surface area (Å²) in [7, 11) is -3.81. The minimum Gasteiger partial charge on any atom is -0.466 e. The first-order chi connectivity index (χ1) is 14.4. The molecule has 7 nitrogen and oxygen atoms in total. The summed E-state index contributed by atoms with van der Waals surface area (Å²) >= 11 is 0. The SMILES string of the molecule is CCOC(=O)CCC(NC(=O)OCc1ccccc1)P(=O)(O)CCc1ccccc1. The zero-order valence-electron chi connectivity index (χ0n) is 17.0. The topological polar surface area (TPSA) is 102 Å². The highest BCUT2D eigenvalue weighted by Gasteiger charge is 2.33. The first-order valence-electron chi connectivity index (χ1n) is 9.89. The Labute approximate surface area is 176 Å². The molecule has 0 aliphatic rings. The first kappa shape index (κ1) is 23.6. The van der Waals surface area contributed by atoms with Gasteiger partial charge in [0.05, 0.1) is 6.61 Å². The number of carbonyl (C=O) groups excluding carboxylic acids is 2. The Morgan fingerprint density at radius 1 is 1.00 bits per heavy atom. The molecule has 0 radical (unpaired) electrons. The summed E-state index contributed by atoms with van der Waals surface area (Å²) in [5, 5.41) is 2.48. The number of esters is 1. The Balaban J connectivity index is 1.99. The Kier molecular flexibility index (Phi) is 9.58. The number of benzene rings is 2. The van der Waals surface area contributed by atoms with Gasteiger partial charge in [0, 0.05) is 12.6 Å². The van der Waals surface area contributed by atoms with E-state index in [0.29, 0.717) is 6.42 Å². The van der Waals surface area contributed by atoms with Crippen molar-refractivity contribution in [2.45, 2.75) is 38.6 Å². The Morgan fingerprint density at radius 2 is 1.60 bits per heavy atom. The van der Waals surface area contributed by atoms with Gasteiger partial charge >= 0.3 is 12.1 Å². The van der Waals surface area contributed by atoms with Crippen molar-refractivity contribution in [2.24, 2.45) is 0 Å². The van der Waals surface area contributed by atoms with Crippen LogP contribution >= 0.6 is 7.37 Å². The van der Waals surface area contributed by atoms with Gasteiger partial charge in [0.25, 0.3) is 0 Å². The van der Waals surface area contributed by atoms with Crippen LogP contribution < -0.4 is 5.32 Å². The first-order valence-corrected chi connectivity index (χ1v) is 11.8. The van der Waals surface area contributed by atoms with E-state index in [9.17, 15) is 19.0 Å². The van der Waals surface area contributed by atoms with Crippen LogP contribution in [0.1, 0.15) is 30.9 Å². The second kappa shape index (κ2) is 12.2. The number of hydrogen-bond acceptors (Lipinski definition) is 5. The lowest BCUT2D eigenvalue weighted by molar-refractivity contribution is -0.143. The van der Waals surface area contributed by atoms with Gasteiger partial charge in [-0.2, -0.15) is 0 Å². The second-order valence-electron chi connectivity index (χ2n) is 6.78. The van der Waals surface area contributed by atoms with Gasteiger partial charge in [-0.25, -0.2) is 4.79 Å². The van der Waals surface area contributed by atoms with Crippen LogP contribution in [0.3, 0.4) is 0 Å². The predicted molar refractivity (Wildman–Crippen MR) is 114 cm³/mol. The molecule has 0 aromatic heterocycles. The number of aryl methyl sites for hydroxylation is 1. The van der Waals surface area contributed by atoms with Crippen LogP contribution in [-0.4, -0.2) is 35.5 Å². The van der Waals surface area contributed by atoms with Gasteiger partial charge in [-0.1, -0.05) is 60.7 Å². The quantitative estimate of drug-likeness (QED) is 0.409. The fourth-order valence-corrected chi connectivity index (χ4v) is 4.58. The van der Waals surface area contributed by atoms with Gasteiger partial charge in [0.15, 0.2) is 0 Å². The van der Waals surface area contributed by atoms with E-state index in [1.807, 2.05) is 60.7 Å². The van der Waals surface area contributed by atoms with Crippen LogP contribution in [0.15, 0.2) is 60.7 Å². The summed E-state index contributed by atoms with van der Waals surface area (Å²) in [5.74, 6) is -1.58. The molecule has 30 heavy (non-hydrogen) atoms. The van der Waals surface area contributed by atoms with Gasteiger partial charge in [-0.15, -0.1) is 0 Å². The molecule has 2 atom stereocenters. The molecule has 162 valence electrons. The molecule has 0 fully saturated rings. The van der Waals surface area contributed by atoms with Crippen molar-refractivity contribution in [3.63, 3.8) is 0 Å². The van der Waals surface area contributed by atoms with E-state index in [2.05, 4.69) is 5.32 Å². The molecule has 0 aliphatic heterocycles. The smallest absolute Gasteiger partial charge is 0.408 e. The third-order valence-electron chi connectivity index (χ3n) is 4.48. The zero-order chi connectivity index (χ0) is 21.8. The Morgan fingerprint density at radius 3 is 2.20 bits per heavy atom. The van der Waals surface area contributed by atoms with E-state index in [-0.39, 0.29) is 32.2 Å². The molecule has 0 spiro atoms. The highest BCUT2D eigenvalue weighted by molar-refractivity contribution is 7.58. The van der Waals surface area contributed by atoms with E-state index in [1.165, 1.54) is 0 Å². The number of amides is 1. The fraction of sp³-hybridized carbons (Fsp3) is 0.364. The summed E-state index contributed by atoms with van der Waals surface area (Å²) in [6.07, 6.45) is -0.536. The molecule has 2 aromatic carbocycles. The third-order valence-corrected chi connectivity index (χ3v) is 6.70. The maximum absolute atomic E-state index is 13.0. The molecule has 8 heteroatoms. The van der Waals surface area contributed by atoms with Crippen molar-refractivity contribution in [1.82, 2.24) is 5.32 Å². The van der Waals surface area contributed by atoms with Crippen LogP contribution in [-0.2, 0) is 31.9 Å². The molecule has 0 bridgehead atoms. The molecule has 0 heterocycles. The standard InChI is InChI=1S/C22H28NO6P/c1-2-28-21(24)14-13-20(23-22(25)29-17-19-11-7-4-8-12-19)30(26,27)16-15-18-9-5-3-6-10-18/h3-12,20H,2,13-17H2,1H3,(H,23,25)(H,26,27). The Hall–Kier alpha value is -2.63. The summed E-state index contributed by atoms with van der Waals surface area (Å²) in [6, 6.07) is 18.4. The van der Waals surface area contributed by atoms with Crippen molar-refractivity contribution in [2.75, 3.05) is 12.8 Å². The second-order valence-corrected chi connectivity index (χ2v) is 9.36. The van der Waals surface area contributed by atoms with Gasteiger partial charge in [0.2, 0.25) is 7.37 Å². The predicted octanol–water partition coefficient (Wildman–Crippen LogP) is 4.10.